The van der Waals surface area contributed by atoms with Crippen molar-refractivity contribution in [2.75, 3.05) is 5.43 Å². The zero-order valence-electron chi connectivity index (χ0n) is 11.3. The number of aryl methyl sites for hydroxylation is 2. The van der Waals surface area contributed by atoms with Gasteiger partial charge in [0.05, 0.1) is 0 Å². The maximum atomic E-state index is 11.6. The first kappa shape index (κ1) is 14.5. The molecule has 0 saturated heterocycles. The minimum absolute atomic E-state index is 0.158. The van der Waals surface area contributed by atoms with Gasteiger partial charge in [0.2, 0.25) is 5.95 Å². The van der Waals surface area contributed by atoms with E-state index in [1.54, 1.807) is 6.07 Å². The predicted molar refractivity (Wildman–Crippen MR) is 77.6 cm³/mol. The van der Waals surface area contributed by atoms with Crippen LogP contribution in [0.4, 0.5) is 5.95 Å². The van der Waals surface area contributed by atoms with Crippen LogP contribution in [-0.2, 0) is 6.42 Å². The van der Waals surface area contributed by atoms with Gasteiger partial charge in [0.1, 0.15) is 5.03 Å². The summed E-state index contributed by atoms with van der Waals surface area (Å²) in [5.41, 5.74) is 3.81. The van der Waals surface area contributed by atoms with Gasteiger partial charge < -0.3 is 4.98 Å². The molecular weight excluding hydrogens is 276 g/mol. The van der Waals surface area contributed by atoms with Crippen molar-refractivity contribution in [3.05, 3.63) is 33.9 Å². The summed E-state index contributed by atoms with van der Waals surface area (Å²) in [6, 6.07) is 3.32. The smallest absolute Gasteiger partial charge is 0.251 e. The van der Waals surface area contributed by atoms with Crippen LogP contribution in [0.1, 0.15) is 24.7 Å². The van der Waals surface area contributed by atoms with Gasteiger partial charge in [0.15, 0.2) is 5.16 Å². The van der Waals surface area contributed by atoms with E-state index in [9.17, 15) is 4.79 Å². The minimum atomic E-state index is -0.158. The second-order valence-corrected chi connectivity index (χ2v) is 5.22. The molecule has 0 amide bonds. The number of anilines is 1. The molecule has 0 aliphatic rings. The summed E-state index contributed by atoms with van der Waals surface area (Å²) in [6.45, 7) is 3.89. The third-order valence-corrected chi connectivity index (χ3v) is 3.25. The monoisotopic (exact) mass is 292 g/mol. The van der Waals surface area contributed by atoms with E-state index >= 15 is 0 Å². The summed E-state index contributed by atoms with van der Waals surface area (Å²) in [5, 5.41) is 1.18. The first-order chi connectivity index (χ1) is 9.60. The highest BCUT2D eigenvalue weighted by Crippen LogP contribution is 2.23. The minimum Gasteiger partial charge on any atom is -0.301 e. The van der Waals surface area contributed by atoms with E-state index in [4.69, 9.17) is 5.84 Å². The maximum absolute atomic E-state index is 11.6. The molecule has 8 heteroatoms. The number of rotatable bonds is 5. The van der Waals surface area contributed by atoms with Gasteiger partial charge in [0, 0.05) is 17.5 Å². The standard InChI is InChI=1S/C12H16N6OS/c1-3-4-8-6-9(19)16-12(15-8)20-10-5-7(2)14-11(17-10)18-13/h5-6H,3-4,13H2,1-2H3,(H,14,17,18)(H,15,16,19). The van der Waals surface area contributed by atoms with Crippen LogP contribution in [0.15, 0.2) is 27.1 Å². The lowest BCUT2D eigenvalue weighted by Gasteiger charge is -2.05. The van der Waals surface area contributed by atoms with E-state index in [0.717, 1.165) is 24.2 Å². The second kappa shape index (κ2) is 6.49. The second-order valence-electron chi connectivity index (χ2n) is 4.21. The van der Waals surface area contributed by atoms with Crippen molar-refractivity contribution < 1.29 is 0 Å². The largest absolute Gasteiger partial charge is 0.301 e. The molecule has 0 bridgehead atoms. The third kappa shape index (κ3) is 3.78. The van der Waals surface area contributed by atoms with Crippen LogP contribution >= 0.6 is 11.8 Å². The molecule has 0 fully saturated rings. The Kier molecular flexibility index (Phi) is 4.70. The highest BCUT2D eigenvalue weighted by atomic mass is 32.2. The molecule has 106 valence electrons. The number of aromatic nitrogens is 4. The van der Waals surface area contributed by atoms with E-state index in [1.807, 2.05) is 13.8 Å². The van der Waals surface area contributed by atoms with Gasteiger partial charge in [-0.25, -0.2) is 20.8 Å². The molecular formula is C12H16N6OS. The topological polar surface area (TPSA) is 110 Å². The summed E-state index contributed by atoms with van der Waals surface area (Å²) < 4.78 is 0. The van der Waals surface area contributed by atoms with E-state index < -0.39 is 0 Å². The molecule has 0 aliphatic heterocycles. The number of hydrazine groups is 1. The van der Waals surface area contributed by atoms with Crippen molar-refractivity contribution in [1.82, 2.24) is 19.9 Å². The molecule has 0 spiro atoms. The molecule has 2 rings (SSSR count). The summed E-state index contributed by atoms with van der Waals surface area (Å²) in [5.74, 6) is 5.64. The Bertz CT molecular complexity index is 657. The number of hydrogen-bond donors (Lipinski definition) is 3. The first-order valence-electron chi connectivity index (χ1n) is 6.21. The fourth-order valence-electron chi connectivity index (χ4n) is 1.67. The van der Waals surface area contributed by atoms with Gasteiger partial charge in [-0.05, 0) is 31.2 Å². The van der Waals surface area contributed by atoms with Gasteiger partial charge >= 0.3 is 0 Å². The van der Waals surface area contributed by atoms with E-state index in [1.165, 1.54) is 17.8 Å². The average Bonchev–Trinajstić information content (AvgIpc) is 2.37. The Balaban J connectivity index is 2.29. The van der Waals surface area contributed by atoms with E-state index in [0.29, 0.717) is 16.1 Å². The number of nitrogen functional groups attached to an aromatic ring is 1. The summed E-state index contributed by atoms with van der Waals surface area (Å²) in [7, 11) is 0. The van der Waals surface area contributed by atoms with Crippen LogP contribution in [-0.4, -0.2) is 19.9 Å². The molecule has 0 saturated carbocycles. The van der Waals surface area contributed by atoms with Gasteiger partial charge in [-0.15, -0.1) is 0 Å². The zero-order valence-corrected chi connectivity index (χ0v) is 12.1. The summed E-state index contributed by atoms with van der Waals surface area (Å²) >= 11 is 1.27. The van der Waals surface area contributed by atoms with Crippen molar-refractivity contribution in [2.45, 2.75) is 36.9 Å². The molecule has 2 aromatic rings. The Morgan fingerprint density at radius 1 is 1.35 bits per heavy atom. The van der Waals surface area contributed by atoms with Crippen molar-refractivity contribution in [2.24, 2.45) is 5.84 Å². The lowest BCUT2D eigenvalue weighted by atomic mass is 10.2. The quantitative estimate of drug-likeness (QED) is 0.329. The van der Waals surface area contributed by atoms with Crippen LogP contribution in [0.25, 0.3) is 0 Å². The zero-order chi connectivity index (χ0) is 14.5. The molecule has 0 aliphatic carbocycles. The molecule has 2 aromatic heterocycles. The van der Waals surface area contributed by atoms with Gasteiger partial charge in [-0.1, -0.05) is 13.3 Å². The number of H-pyrrole nitrogens is 1. The molecule has 2 heterocycles. The first-order valence-corrected chi connectivity index (χ1v) is 7.02. The van der Waals surface area contributed by atoms with Crippen molar-refractivity contribution >= 4 is 17.7 Å². The Morgan fingerprint density at radius 3 is 2.85 bits per heavy atom. The van der Waals surface area contributed by atoms with Crippen molar-refractivity contribution in [3.8, 4) is 0 Å². The Labute approximate surface area is 120 Å². The molecule has 0 unspecified atom stereocenters. The maximum Gasteiger partial charge on any atom is 0.251 e. The molecule has 4 N–H and O–H groups in total. The van der Waals surface area contributed by atoms with Gasteiger partial charge in [-0.3, -0.25) is 10.2 Å². The molecule has 0 radical (unpaired) electrons. The molecule has 7 nitrogen and oxygen atoms in total. The summed E-state index contributed by atoms with van der Waals surface area (Å²) in [4.78, 5) is 27.0. The average molecular weight is 292 g/mol. The number of aromatic amines is 1. The number of nitrogens with two attached hydrogens (primary N) is 1. The van der Waals surface area contributed by atoms with Crippen LogP contribution in [0, 0.1) is 6.92 Å². The number of nitrogens with zero attached hydrogens (tertiary/aromatic N) is 3. The fraction of sp³-hybridized carbons (Fsp3) is 0.333. The number of hydrogen-bond acceptors (Lipinski definition) is 7. The van der Waals surface area contributed by atoms with Crippen molar-refractivity contribution in [3.63, 3.8) is 0 Å². The highest BCUT2D eigenvalue weighted by molar-refractivity contribution is 7.99. The SMILES string of the molecule is CCCc1cc(=O)[nH]c(Sc2cc(C)nc(NN)n2)n1. The van der Waals surface area contributed by atoms with E-state index in [-0.39, 0.29) is 5.56 Å². The lowest BCUT2D eigenvalue weighted by Crippen LogP contribution is -2.12. The fourth-order valence-corrected chi connectivity index (χ4v) is 2.55. The van der Waals surface area contributed by atoms with Crippen LogP contribution in [0.3, 0.4) is 0 Å². The Morgan fingerprint density at radius 2 is 2.15 bits per heavy atom. The van der Waals surface area contributed by atoms with Gasteiger partial charge in [-0.2, -0.15) is 0 Å². The molecule has 0 atom stereocenters. The molecule has 20 heavy (non-hydrogen) atoms. The number of nitrogens with one attached hydrogen (secondary N) is 2. The molecule has 0 aromatic carbocycles. The normalized spacial score (nSPS) is 10.6. The third-order valence-electron chi connectivity index (χ3n) is 2.44. The van der Waals surface area contributed by atoms with Gasteiger partial charge in [0.25, 0.3) is 5.56 Å². The Hall–Kier alpha value is -1.93. The van der Waals surface area contributed by atoms with Crippen LogP contribution in [0.5, 0.6) is 0 Å². The van der Waals surface area contributed by atoms with Crippen molar-refractivity contribution in [1.29, 1.82) is 0 Å². The summed E-state index contributed by atoms with van der Waals surface area (Å²) in [6.07, 6.45) is 1.71. The lowest BCUT2D eigenvalue weighted by molar-refractivity contribution is 0.814. The highest BCUT2D eigenvalue weighted by Gasteiger charge is 2.07. The van der Waals surface area contributed by atoms with Crippen LogP contribution < -0.4 is 16.8 Å². The predicted octanol–water partition coefficient (Wildman–Crippen LogP) is 1.26. The van der Waals surface area contributed by atoms with Crippen LogP contribution in [0.2, 0.25) is 0 Å². The van der Waals surface area contributed by atoms with E-state index in [2.05, 4.69) is 25.4 Å².